The third-order valence-corrected chi connectivity index (χ3v) is 3.76. The van der Waals surface area contributed by atoms with Crippen LogP contribution in [-0.2, 0) is 19.1 Å². The van der Waals surface area contributed by atoms with Crippen molar-refractivity contribution in [2.24, 2.45) is 5.92 Å². The van der Waals surface area contributed by atoms with Crippen molar-refractivity contribution in [3.8, 4) is 0 Å². The van der Waals surface area contributed by atoms with E-state index >= 15 is 0 Å². The van der Waals surface area contributed by atoms with Gasteiger partial charge in [0, 0.05) is 5.92 Å². The fourth-order valence-corrected chi connectivity index (χ4v) is 2.33. The molecule has 0 saturated heterocycles. The molecule has 108 valence electrons. The van der Waals surface area contributed by atoms with E-state index in [1.54, 1.807) is 0 Å². The van der Waals surface area contributed by atoms with E-state index in [4.69, 9.17) is 4.74 Å². The zero-order valence-electron chi connectivity index (χ0n) is 12.3. The Morgan fingerprint density at radius 1 is 1.32 bits per heavy atom. The van der Waals surface area contributed by atoms with E-state index in [9.17, 15) is 9.59 Å². The van der Waals surface area contributed by atoms with Crippen LogP contribution in [0.25, 0.3) is 0 Å². The number of esters is 2. The van der Waals surface area contributed by atoms with Gasteiger partial charge in [0.25, 0.3) is 0 Å². The monoisotopic (exact) mass is 268 g/mol. The molecule has 1 atom stereocenters. The molecule has 4 nitrogen and oxygen atoms in total. The number of carbonyl (C=O) groups is 2. The second kappa shape index (κ2) is 6.73. The molecule has 0 aromatic heterocycles. The summed E-state index contributed by atoms with van der Waals surface area (Å²) in [5.74, 6) is -0.370. The van der Waals surface area contributed by atoms with E-state index in [0.717, 1.165) is 19.3 Å². The minimum atomic E-state index is -0.482. The maximum absolute atomic E-state index is 11.7. The van der Waals surface area contributed by atoms with Crippen LogP contribution in [-0.4, -0.2) is 24.6 Å². The highest BCUT2D eigenvalue weighted by atomic mass is 16.6. The lowest BCUT2D eigenvalue weighted by molar-refractivity contribution is -0.164. The molecule has 1 aliphatic rings. The van der Waals surface area contributed by atoms with Gasteiger partial charge in [0.05, 0.1) is 20.0 Å². The minimum absolute atomic E-state index is 0.0785. The predicted octanol–water partition coefficient (Wildman–Crippen LogP) is 3.01. The molecule has 0 N–H and O–H groups in total. The number of ether oxygens (including phenoxy) is 2. The maximum Gasteiger partial charge on any atom is 0.306 e. The fraction of sp³-hybridized carbons (Fsp3) is 0.733. The highest BCUT2D eigenvalue weighted by Crippen LogP contribution is 2.34. The molecule has 19 heavy (non-hydrogen) atoms. The van der Waals surface area contributed by atoms with Gasteiger partial charge < -0.3 is 9.47 Å². The molecule has 0 heterocycles. The van der Waals surface area contributed by atoms with Gasteiger partial charge in [-0.25, -0.2) is 0 Å². The van der Waals surface area contributed by atoms with Gasteiger partial charge in [-0.15, -0.1) is 0 Å². The summed E-state index contributed by atoms with van der Waals surface area (Å²) in [6.45, 7) is 6.02. The first kappa shape index (κ1) is 15.7. The Bertz CT molecular complexity index is 368. The van der Waals surface area contributed by atoms with Crippen molar-refractivity contribution in [3.63, 3.8) is 0 Å². The standard InChI is InChI=1S/C15H24O4/c1-11-5-7-12(8-6-11)15(2,3)19-14(17)10-9-13(16)18-4/h5,12H,6-10H2,1-4H3/t12-/m1/s1. The Labute approximate surface area is 115 Å². The highest BCUT2D eigenvalue weighted by Gasteiger charge is 2.33. The number of allylic oxidation sites excluding steroid dienone is 2. The summed E-state index contributed by atoms with van der Waals surface area (Å²) in [5, 5.41) is 0. The lowest BCUT2D eigenvalue weighted by Crippen LogP contribution is -2.37. The van der Waals surface area contributed by atoms with E-state index < -0.39 is 5.60 Å². The zero-order valence-corrected chi connectivity index (χ0v) is 12.3. The Morgan fingerprint density at radius 2 is 1.95 bits per heavy atom. The number of hydrogen-bond donors (Lipinski definition) is 0. The largest absolute Gasteiger partial charge is 0.469 e. The second-order valence-electron chi connectivity index (χ2n) is 5.68. The first-order valence-electron chi connectivity index (χ1n) is 6.79. The summed E-state index contributed by atoms with van der Waals surface area (Å²) >= 11 is 0. The minimum Gasteiger partial charge on any atom is -0.469 e. The molecular formula is C15H24O4. The summed E-state index contributed by atoms with van der Waals surface area (Å²) in [4.78, 5) is 22.7. The molecule has 0 spiro atoms. The van der Waals surface area contributed by atoms with Crippen LogP contribution in [0.2, 0.25) is 0 Å². The zero-order chi connectivity index (χ0) is 14.5. The van der Waals surface area contributed by atoms with Crippen LogP contribution >= 0.6 is 0 Å². The summed E-state index contributed by atoms with van der Waals surface area (Å²) in [6.07, 6.45) is 5.43. The molecule has 0 radical (unpaired) electrons. The van der Waals surface area contributed by atoms with Gasteiger partial charge >= 0.3 is 11.9 Å². The van der Waals surface area contributed by atoms with Crippen molar-refractivity contribution in [1.29, 1.82) is 0 Å². The molecule has 0 aromatic carbocycles. The average molecular weight is 268 g/mol. The molecule has 1 rings (SSSR count). The van der Waals surface area contributed by atoms with E-state index in [0.29, 0.717) is 5.92 Å². The van der Waals surface area contributed by atoms with Gasteiger partial charge in [0.1, 0.15) is 5.60 Å². The molecule has 0 unspecified atom stereocenters. The summed E-state index contributed by atoms with van der Waals surface area (Å²) in [7, 11) is 1.31. The lowest BCUT2D eigenvalue weighted by Gasteiger charge is -2.35. The molecule has 0 saturated carbocycles. The van der Waals surface area contributed by atoms with E-state index in [2.05, 4.69) is 17.7 Å². The molecular weight excluding hydrogens is 244 g/mol. The first-order chi connectivity index (χ1) is 8.85. The molecule has 0 bridgehead atoms. The number of methoxy groups -OCH3 is 1. The number of hydrogen-bond acceptors (Lipinski definition) is 4. The summed E-state index contributed by atoms with van der Waals surface area (Å²) in [6, 6.07) is 0. The first-order valence-corrected chi connectivity index (χ1v) is 6.79. The average Bonchev–Trinajstić information content (AvgIpc) is 2.36. The predicted molar refractivity (Wildman–Crippen MR) is 72.5 cm³/mol. The van der Waals surface area contributed by atoms with Gasteiger partial charge in [-0.05, 0) is 40.0 Å². The van der Waals surface area contributed by atoms with Crippen molar-refractivity contribution in [2.75, 3.05) is 7.11 Å². The highest BCUT2D eigenvalue weighted by molar-refractivity contribution is 5.77. The van der Waals surface area contributed by atoms with Crippen molar-refractivity contribution < 1.29 is 19.1 Å². The topological polar surface area (TPSA) is 52.6 Å². The van der Waals surface area contributed by atoms with Crippen LogP contribution in [0, 0.1) is 5.92 Å². The molecule has 0 aliphatic heterocycles. The van der Waals surface area contributed by atoms with E-state index in [-0.39, 0.29) is 24.8 Å². The molecule has 0 fully saturated rings. The van der Waals surface area contributed by atoms with Crippen molar-refractivity contribution in [3.05, 3.63) is 11.6 Å². The van der Waals surface area contributed by atoms with E-state index in [1.165, 1.54) is 12.7 Å². The second-order valence-corrected chi connectivity index (χ2v) is 5.68. The number of rotatable bonds is 5. The Hall–Kier alpha value is -1.32. The maximum atomic E-state index is 11.7. The van der Waals surface area contributed by atoms with Crippen LogP contribution in [0.3, 0.4) is 0 Å². The summed E-state index contributed by atoms with van der Waals surface area (Å²) in [5.41, 5.74) is 0.925. The van der Waals surface area contributed by atoms with Crippen molar-refractivity contribution >= 4 is 11.9 Å². The van der Waals surface area contributed by atoms with Crippen molar-refractivity contribution in [2.45, 2.75) is 58.5 Å². The fourth-order valence-electron chi connectivity index (χ4n) is 2.33. The van der Waals surface area contributed by atoms with Crippen LogP contribution < -0.4 is 0 Å². The molecule has 4 heteroatoms. The van der Waals surface area contributed by atoms with Crippen LogP contribution in [0.5, 0.6) is 0 Å². The quantitative estimate of drug-likeness (QED) is 0.568. The molecule has 0 amide bonds. The normalized spacial score (nSPS) is 19.6. The Kier molecular flexibility index (Phi) is 5.58. The molecule has 0 aromatic rings. The van der Waals surface area contributed by atoms with E-state index in [1.807, 2.05) is 13.8 Å². The number of carbonyl (C=O) groups excluding carboxylic acids is 2. The van der Waals surface area contributed by atoms with Crippen LogP contribution in [0.15, 0.2) is 11.6 Å². The summed E-state index contributed by atoms with van der Waals surface area (Å²) < 4.78 is 10.0. The lowest BCUT2D eigenvalue weighted by atomic mass is 9.79. The van der Waals surface area contributed by atoms with Gasteiger partial charge in [0.2, 0.25) is 0 Å². The Morgan fingerprint density at radius 3 is 2.47 bits per heavy atom. The van der Waals surface area contributed by atoms with Crippen LogP contribution in [0.4, 0.5) is 0 Å². The van der Waals surface area contributed by atoms with Crippen molar-refractivity contribution in [1.82, 2.24) is 0 Å². The Balaban J connectivity index is 2.45. The third kappa shape index (κ3) is 5.05. The molecule has 1 aliphatic carbocycles. The third-order valence-electron chi connectivity index (χ3n) is 3.76. The van der Waals surface area contributed by atoms with Gasteiger partial charge in [-0.3, -0.25) is 9.59 Å². The SMILES string of the molecule is COC(=O)CCC(=O)OC(C)(C)[C@@H]1CC=C(C)CC1. The van der Waals surface area contributed by atoms with Gasteiger partial charge in [0.15, 0.2) is 0 Å². The van der Waals surface area contributed by atoms with Gasteiger partial charge in [-0.1, -0.05) is 11.6 Å². The van der Waals surface area contributed by atoms with Crippen LogP contribution in [0.1, 0.15) is 52.9 Å². The smallest absolute Gasteiger partial charge is 0.306 e. The van der Waals surface area contributed by atoms with Gasteiger partial charge in [-0.2, -0.15) is 0 Å².